The molecule has 1 amide bonds. The summed E-state index contributed by atoms with van der Waals surface area (Å²) in [5.41, 5.74) is 0.566. The molecule has 1 heterocycles. The fraction of sp³-hybridized carbons (Fsp3) is 0.500. The third kappa shape index (κ3) is 2.70. The molecular weight excluding hydrogens is 231 g/mol. The minimum Gasteiger partial charge on any atom is -0.336 e. The van der Waals surface area contributed by atoms with Crippen molar-refractivity contribution in [3.63, 3.8) is 0 Å². The first-order valence-electron chi connectivity index (χ1n) is 6.37. The Labute approximate surface area is 107 Å². The van der Waals surface area contributed by atoms with Crippen LogP contribution < -0.4 is 0 Å². The number of hydrogen-bond donors (Lipinski definition) is 0. The summed E-state index contributed by atoms with van der Waals surface area (Å²) in [5.74, 6) is -0.307. The van der Waals surface area contributed by atoms with E-state index in [9.17, 15) is 9.18 Å². The highest BCUT2D eigenvalue weighted by Gasteiger charge is 2.26. The van der Waals surface area contributed by atoms with Crippen molar-refractivity contribution < 1.29 is 9.18 Å². The fourth-order valence-electron chi connectivity index (χ4n) is 2.35. The van der Waals surface area contributed by atoms with E-state index >= 15 is 0 Å². The summed E-state index contributed by atoms with van der Waals surface area (Å²) in [6.45, 7) is 4.52. The minimum atomic E-state index is -0.309. The maximum Gasteiger partial charge on any atom is 0.253 e. The monoisotopic (exact) mass is 250 g/mol. The lowest BCUT2D eigenvalue weighted by Crippen LogP contribution is -2.52. The second-order valence-electron chi connectivity index (χ2n) is 4.80. The highest BCUT2D eigenvalue weighted by molar-refractivity contribution is 5.94. The van der Waals surface area contributed by atoms with Crippen LogP contribution in [-0.4, -0.2) is 48.4 Å². The molecule has 1 fully saturated rings. The van der Waals surface area contributed by atoms with Crippen LogP contribution >= 0.6 is 0 Å². The van der Waals surface area contributed by atoms with Gasteiger partial charge in [-0.05, 0) is 37.7 Å². The summed E-state index contributed by atoms with van der Waals surface area (Å²) in [7, 11) is 2.09. The number of piperazine rings is 1. The number of hydrogen-bond acceptors (Lipinski definition) is 2. The third-order valence-corrected chi connectivity index (χ3v) is 3.63. The van der Waals surface area contributed by atoms with Crippen molar-refractivity contribution in [1.82, 2.24) is 9.80 Å². The summed E-state index contributed by atoms with van der Waals surface area (Å²) < 4.78 is 12.8. The number of halogens is 1. The van der Waals surface area contributed by atoms with Gasteiger partial charge in [-0.15, -0.1) is 0 Å². The van der Waals surface area contributed by atoms with E-state index in [0.717, 1.165) is 26.1 Å². The Morgan fingerprint density at radius 1 is 1.33 bits per heavy atom. The van der Waals surface area contributed by atoms with Crippen LogP contribution in [0.15, 0.2) is 24.3 Å². The molecule has 0 N–H and O–H groups in total. The summed E-state index contributed by atoms with van der Waals surface area (Å²) in [6.07, 6.45) is 1.03. The molecule has 1 saturated heterocycles. The molecule has 0 bridgehead atoms. The second-order valence-corrected chi connectivity index (χ2v) is 4.80. The van der Waals surface area contributed by atoms with Crippen molar-refractivity contribution >= 4 is 5.91 Å². The van der Waals surface area contributed by atoms with E-state index in [1.54, 1.807) is 12.1 Å². The number of rotatable bonds is 2. The van der Waals surface area contributed by atoms with E-state index in [1.165, 1.54) is 12.1 Å². The molecule has 0 aromatic heterocycles. The topological polar surface area (TPSA) is 23.6 Å². The number of nitrogens with zero attached hydrogens (tertiary/aromatic N) is 2. The Balaban J connectivity index is 2.07. The molecule has 2 rings (SSSR count). The van der Waals surface area contributed by atoms with Crippen LogP contribution in [0.2, 0.25) is 0 Å². The van der Waals surface area contributed by atoms with Crippen LogP contribution in [0.1, 0.15) is 23.7 Å². The quantitative estimate of drug-likeness (QED) is 0.801. The smallest absolute Gasteiger partial charge is 0.253 e. The summed E-state index contributed by atoms with van der Waals surface area (Å²) in [6, 6.07) is 6.19. The predicted molar refractivity (Wildman–Crippen MR) is 69.0 cm³/mol. The number of likely N-dealkylation sites (N-methyl/N-ethyl adjacent to an activating group) is 1. The molecule has 3 nitrogen and oxygen atoms in total. The van der Waals surface area contributed by atoms with Crippen molar-refractivity contribution in [2.75, 3.05) is 26.7 Å². The van der Waals surface area contributed by atoms with Gasteiger partial charge in [-0.2, -0.15) is 0 Å². The highest BCUT2D eigenvalue weighted by atomic mass is 19.1. The zero-order chi connectivity index (χ0) is 13.1. The van der Waals surface area contributed by atoms with E-state index in [2.05, 4.69) is 18.9 Å². The summed E-state index contributed by atoms with van der Waals surface area (Å²) in [5, 5.41) is 0. The maximum atomic E-state index is 12.8. The molecule has 18 heavy (non-hydrogen) atoms. The minimum absolute atomic E-state index is 0.00144. The van der Waals surface area contributed by atoms with E-state index in [-0.39, 0.29) is 11.7 Å². The van der Waals surface area contributed by atoms with Gasteiger partial charge in [0.2, 0.25) is 0 Å². The van der Waals surface area contributed by atoms with Crippen molar-refractivity contribution in [3.05, 3.63) is 35.6 Å². The van der Waals surface area contributed by atoms with Gasteiger partial charge >= 0.3 is 0 Å². The van der Waals surface area contributed by atoms with Crippen LogP contribution in [0.25, 0.3) is 0 Å². The number of benzene rings is 1. The molecule has 0 saturated carbocycles. The molecule has 1 unspecified atom stereocenters. The van der Waals surface area contributed by atoms with Gasteiger partial charge in [0.1, 0.15) is 5.82 Å². The van der Waals surface area contributed by atoms with E-state index in [0.29, 0.717) is 11.6 Å². The zero-order valence-corrected chi connectivity index (χ0v) is 10.9. The highest BCUT2D eigenvalue weighted by Crippen LogP contribution is 2.14. The van der Waals surface area contributed by atoms with Gasteiger partial charge in [0.15, 0.2) is 0 Å². The van der Waals surface area contributed by atoms with Crippen LogP contribution in [0.4, 0.5) is 4.39 Å². The van der Waals surface area contributed by atoms with Crippen LogP contribution in [0.5, 0.6) is 0 Å². The molecule has 1 atom stereocenters. The van der Waals surface area contributed by atoms with Gasteiger partial charge < -0.3 is 4.90 Å². The molecule has 0 spiro atoms. The van der Waals surface area contributed by atoms with Gasteiger partial charge in [-0.25, -0.2) is 4.39 Å². The van der Waals surface area contributed by atoms with E-state index in [4.69, 9.17) is 0 Å². The Kier molecular flexibility index (Phi) is 3.97. The Bertz CT molecular complexity index is 418. The van der Waals surface area contributed by atoms with Crippen molar-refractivity contribution in [2.24, 2.45) is 0 Å². The first-order chi connectivity index (χ1) is 8.61. The molecule has 1 aliphatic rings. The van der Waals surface area contributed by atoms with Gasteiger partial charge in [-0.1, -0.05) is 6.92 Å². The first kappa shape index (κ1) is 13.0. The largest absolute Gasteiger partial charge is 0.336 e. The normalized spacial score (nSPS) is 21.1. The van der Waals surface area contributed by atoms with Crippen molar-refractivity contribution in [1.29, 1.82) is 0 Å². The van der Waals surface area contributed by atoms with E-state index in [1.807, 2.05) is 4.90 Å². The van der Waals surface area contributed by atoms with Gasteiger partial charge in [-0.3, -0.25) is 9.69 Å². The van der Waals surface area contributed by atoms with Gasteiger partial charge in [0.25, 0.3) is 5.91 Å². The molecule has 1 aromatic rings. The van der Waals surface area contributed by atoms with E-state index < -0.39 is 0 Å². The van der Waals surface area contributed by atoms with Crippen LogP contribution in [0, 0.1) is 5.82 Å². The lowest BCUT2D eigenvalue weighted by Gasteiger charge is -2.39. The standard InChI is InChI=1S/C14H19FN2O/c1-3-13-10-17(9-8-16(13)2)14(18)11-4-6-12(15)7-5-11/h4-7,13H,3,8-10H2,1-2H3. The lowest BCUT2D eigenvalue weighted by atomic mass is 10.1. The SMILES string of the molecule is CCC1CN(C(=O)c2ccc(F)cc2)CCN1C. The first-order valence-corrected chi connectivity index (χ1v) is 6.37. The summed E-state index contributed by atoms with van der Waals surface area (Å²) in [4.78, 5) is 16.4. The fourth-order valence-corrected chi connectivity index (χ4v) is 2.35. The van der Waals surface area contributed by atoms with Crippen LogP contribution in [0.3, 0.4) is 0 Å². The predicted octanol–water partition coefficient (Wildman–Crippen LogP) is 1.99. The molecule has 0 aliphatic carbocycles. The van der Waals surface area contributed by atoms with Crippen molar-refractivity contribution in [2.45, 2.75) is 19.4 Å². The third-order valence-electron chi connectivity index (χ3n) is 3.63. The molecule has 1 aliphatic heterocycles. The molecule has 0 radical (unpaired) electrons. The van der Waals surface area contributed by atoms with Crippen LogP contribution in [-0.2, 0) is 0 Å². The van der Waals surface area contributed by atoms with Gasteiger partial charge in [0, 0.05) is 31.2 Å². The molecule has 4 heteroatoms. The van der Waals surface area contributed by atoms with Crippen molar-refractivity contribution in [3.8, 4) is 0 Å². The number of carbonyl (C=O) groups excluding carboxylic acids is 1. The Hall–Kier alpha value is -1.42. The Morgan fingerprint density at radius 2 is 2.00 bits per heavy atom. The average molecular weight is 250 g/mol. The number of amides is 1. The van der Waals surface area contributed by atoms with Gasteiger partial charge in [0.05, 0.1) is 0 Å². The molecule has 1 aromatic carbocycles. The molecular formula is C14H19FN2O. The molecule has 98 valence electrons. The average Bonchev–Trinajstić information content (AvgIpc) is 2.39. The summed E-state index contributed by atoms with van der Waals surface area (Å²) >= 11 is 0. The maximum absolute atomic E-state index is 12.8. The second kappa shape index (κ2) is 5.48. The zero-order valence-electron chi connectivity index (χ0n) is 10.9. The Morgan fingerprint density at radius 3 is 2.61 bits per heavy atom. The number of carbonyl (C=O) groups is 1. The lowest BCUT2D eigenvalue weighted by molar-refractivity contribution is 0.0542.